The van der Waals surface area contributed by atoms with Crippen LogP contribution in [-0.4, -0.2) is 261 Å². The number of anilines is 2. The maximum absolute atomic E-state index is 13.1. The summed E-state index contributed by atoms with van der Waals surface area (Å²) < 4.78 is 26.3. The van der Waals surface area contributed by atoms with E-state index in [0.717, 1.165) is 40.9 Å². The van der Waals surface area contributed by atoms with Gasteiger partial charge in [-0.15, -0.1) is 0 Å². The van der Waals surface area contributed by atoms with Crippen LogP contribution in [0.2, 0.25) is 0 Å². The van der Waals surface area contributed by atoms with Gasteiger partial charge >= 0.3 is 24.1 Å². The molecule has 16 amide bonds. The summed E-state index contributed by atoms with van der Waals surface area (Å²) in [5, 5.41) is 22.7. The van der Waals surface area contributed by atoms with Crippen molar-refractivity contribution >= 4 is 83.0 Å². The predicted octanol–water partition coefficient (Wildman–Crippen LogP) is 4.03. The zero-order valence-electron chi connectivity index (χ0n) is 74.1. The van der Waals surface area contributed by atoms with Crippen LogP contribution in [0.15, 0.2) is 189 Å². The van der Waals surface area contributed by atoms with Crippen LogP contribution >= 0.6 is 0 Å². The van der Waals surface area contributed by atoms with Gasteiger partial charge in [0.25, 0.3) is 47.3 Å². The molecule has 9 aliphatic heterocycles. The Balaban J connectivity index is 0.000000131. The fourth-order valence-corrected chi connectivity index (χ4v) is 16.1. The summed E-state index contributed by atoms with van der Waals surface area (Å²) in [4.78, 5) is 191. The van der Waals surface area contributed by atoms with Crippen molar-refractivity contribution in [2.45, 2.75) is 48.3 Å². The highest BCUT2D eigenvalue weighted by Crippen LogP contribution is 2.35. The molecule has 15 heterocycles. The fourth-order valence-electron chi connectivity index (χ4n) is 16.1. The van der Waals surface area contributed by atoms with E-state index in [-0.39, 0.29) is 56.4 Å². The Hall–Kier alpha value is -17.7. The smallest absolute Gasteiger partial charge is 0.323 e. The first-order valence-corrected chi connectivity index (χ1v) is 42.5. The average molecular weight is 1830 g/mol. The Kier molecular flexibility index (Phi) is 26.6. The molecule has 39 heteroatoms. The number of benzene rings is 4. The third-order valence-corrected chi connectivity index (χ3v) is 23.0. The molecular formula is C97H86N22O17. The molecular weight excluding hydrogens is 1750 g/mol. The number of hydrogen-bond donors (Lipinski definition) is 9. The Morgan fingerprint density at radius 1 is 0.404 bits per heavy atom. The predicted molar refractivity (Wildman–Crippen MR) is 487 cm³/mol. The third kappa shape index (κ3) is 19.8. The largest absolute Gasteiger partial charge is 0.497 e. The van der Waals surface area contributed by atoms with E-state index in [2.05, 4.69) is 140 Å². The standard InChI is InChI=1S/C25H19N5O4.C24H18N6O4.C24H26N6O4.C24H23N5O5/c1-34-19-5-4-18-14-30(22(31)20(18)13-19)15-25(23(32)28-24(33)29-25)9-6-16-3-2-10-27-21(16)17-7-11-26-12-8-17;1-34-18-5-4-16-12-30(21(31)19(16)9-18)13-24(22(32)28-23(33)29-24)7-6-15-3-2-8-27-20(15)17-10-25-14-26-11-17;1-29(2)11-10-25-20-7-4-16(13-26-20)8-9-24(22(32)27-23(33)28-24)15-30-14-17-5-6-18(34-3)12-19(17)21(30)31;1-33-18-5-4-17-14-29(21(30)19(17)13-18)15-24(22(31)26-23(32)27-24)7-6-16-3-2-8-25-20(16)28-9-11-34-12-10-28/h2-5,7-8,10-13H,14-15H2,1H3,(H2,28,29,32,33);2-5,8-11,14H,12-13H2,1H3,(H2,28,29,32,33);4-7,12-13H,10-11,14-15H2,1-3H3,(H,25,26)(H2,27,28,32,33);2-5,8,13H,9-12,14-15H2,1H3,(H2,26,27,31,32)/t25-;3*24-/m1111/s1. The van der Waals surface area contributed by atoms with Crippen molar-refractivity contribution in [1.82, 2.24) is 102 Å². The highest BCUT2D eigenvalue weighted by Gasteiger charge is 2.53. The second-order valence-electron chi connectivity index (χ2n) is 32.3. The first kappa shape index (κ1) is 91.6. The number of pyridine rings is 5. The number of fused-ring (bicyclic) bond motifs is 4. The topological polar surface area (TPSA) is 469 Å². The molecule has 4 aromatic carbocycles. The van der Waals surface area contributed by atoms with Crippen LogP contribution in [0.5, 0.6) is 23.0 Å². The number of likely N-dealkylation sites (N-methyl/N-ethyl adjacent to an activating group) is 1. The number of ether oxygens (including phenoxy) is 5. The van der Waals surface area contributed by atoms with Gasteiger partial charge in [-0.3, -0.25) is 74.6 Å². The minimum absolute atomic E-state index is 0.0923. The normalized spacial score (nSPS) is 19.4. The maximum Gasteiger partial charge on any atom is 0.323 e. The van der Waals surface area contributed by atoms with E-state index in [4.69, 9.17) is 23.7 Å². The van der Waals surface area contributed by atoms with Crippen LogP contribution in [0, 0.1) is 47.4 Å². The van der Waals surface area contributed by atoms with Crippen molar-refractivity contribution in [3.8, 4) is 92.9 Å². The Bertz CT molecular complexity index is 6570. The summed E-state index contributed by atoms with van der Waals surface area (Å²) in [5.41, 5.74) is 3.79. The lowest BCUT2D eigenvalue weighted by Gasteiger charge is -2.28. The molecule has 9 N–H and O–H groups in total. The molecule has 5 saturated heterocycles. The van der Waals surface area contributed by atoms with Gasteiger partial charge in [0.2, 0.25) is 22.2 Å². The molecule has 686 valence electrons. The van der Waals surface area contributed by atoms with Crippen molar-refractivity contribution in [3.05, 3.63) is 256 Å². The van der Waals surface area contributed by atoms with Crippen molar-refractivity contribution in [2.75, 3.05) is 118 Å². The van der Waals surface area contributed by atoms with Gasteiger partial charge in [0, 0.05) is 141 Å². The number of hydrogen-bond acceptors (Lipinski definition) is 27. The molecule has 19 rings (SSSR count). The van der Waals surface area contributed by atoms with Gasteiger partial charge in [-0.25, -0.2) is 39.1 Å². The zero-order chi connectivity index (χ0) is 95.4. The van der Waals surface area contributed by atoms with Gasteiger partial charge in [0.15, 0.2) is 0 Å². The molecule has 10 aromatic rings. The van der Waals surface area contributed by atoms with Crippen LogP contribution < -0.4 is 71.7 Å². The fraction of sp³-hybridized carbons (Fsp3) is 0.247. The minimum atomic E-state index is -1.63. The number of nitrogens with one attached hydrogen (secondary N) is 9. The summed E-state index contributed by atoms with van der Waals surface area (Å²) in [7, 11) is 10.1. The maximum atomic E-state index is 13.1. The van der Waals surface area contributed by atoms with Crippen molar-refractivity contribution < 1.29 is 81.2 Å². The van der Waals surface area contributed by atoms with Gasteiger partial charge in [-0.05, 0) is 146 Å². The number of nitrogens with zero attached hydrogens (tertiary/aromatic N) is 13. The molecule has 0 aliphatic carbocycles. The van der Waals surface area contributed by atoms with E-state index in [0.29, 0.717) is 142 Å². The van der Waals surface area contributed by atoms with Gasteiger partial charge in [-0.1, -0.05) is 71.6 Å². The van der Waals surface area contributed by atoms with Crippen LogP contribution in [-0.2, 0) is 50.1 Å². The van der Waals surface area contributed by atoms with Gasteiger partial charge in [-0.2, -0.15) is 0 Å². The van der Waals surface area contributed by atoms with E-state index in [1.54, 1.807) is 141 Å². The van der Waals surface area contributed by atoms with Crippen LogP contribution in [0.25, 0.3) is 22.5 Å². The van der Waals surface area contributed by atoms with Gasteiger partial charge in [0.1, 0.15) is 41.0 Å². The molecule has 39 nitrogen and oxygen atoms in total. The number of imide groups is 4. The number of amides is 16. The van der Waals surface area contributed by atoms with Gasteiger partial charge in [0.05, 0.1) is 95.9 Å². The van der Waals surface area contributed by atoms with Crippen molar-refractivity contribution in [2.24, 2.45) is 0 Å². The number of carbonyl (C=O) groups is 12. The summed E-state index contributed by atoms with van der Waals surface area (Å²) in [6.45, 7) is 4.91. The van der Waals surface area contributed by atoms with Gasteiger partial charge < -0.3 is 79.7 Å². The minimum Gasteiger partial charge on any atom is -0.497 e. The molecule has 0 saturated carbocycles. The van der Waals surface area contributed by atoms with Crippen molar-refractivity contribution in [1.29, 1.82) is 0 Å². The second-order valence-corrected chi connectivity index (χ2v) is 32.3. The van der Waals surface area contributed by atoms with Crippen LogP contribution in [0.4, 0.5) is 30.8 Å². The highest BCUT2D eigenvalue weighted by atomic mass is 16.5. The lowest BCUT2D eigenvalue weighted by Crippen LogP contribution is -2.54. The number of aromatic nitrogens is 7. The average Bonchev–Trinajstić information content (AvgIpc) is 1.66. The Morgan fingerprint density at radius 2 is 0.772 bits per heavy atom. The number of morpholine rings is 1. The monoisotopic (exact) mass is 1830 g/mol. The molecule has 9 aliphatic rings. The number of carbonyl (C=O) groups excluding carboxylic acids is 12. The summed E-state index contributed by atoms with van der Waals surface area (Å²) in [5.74, 6) is 23.8. The Morgan fingerprint density at radius 3 is 1.13 bits per heavy atom. The van der Waals surface area contributed by atoms with E-state index in [1.165, 1.54) is 54.4 Å². The molecule has 6 aromatic heterocycles. The molecule has 0 radical (unpaired) electrons. The van der Waals surface area contributed by atoms with Crippen LogP contribution in [0.1, 0.15) is 85.9 Å². The Labute approximate surface area is 778 Å². The number of rotatable bonds is 19. The molecule has 0 bridgehead atoms. The van der Waals surface area contributed by atoms with Crippen LogP contribution in [0.3, 0.4) is 0 Å². The number of urea groups is 4. The van der Waals surface area contributed by atoms with E-state index >= 15 is 0 Å². The molecule has 5 fully saturated rings. The molecule has 4 atom stereocenters. The summed E-state index contributed by atoms with van der Waals surface area (Å²) in [6.07, 6.45) is 14.5. The number of methoxy groups -OCH3 is 4. The van der Waals surface area contributed by atoms with E-state index in [1.807, 2.05) is 56.6 Å². The molecule has 0 unspecified atom stereocenters. The zero-order valence-corrected chi connectivity index (χ0v) is 74.1. The van der Waals surface area contributed by atoms with E-state index < -0.39 is 69.9 Å². The summed E-state index contributed by atoms with van der Waals surface area (Å²) in [6, 6.07) is 36.2. The van der Waals surface area contributed by atoms with E-state index in [9.17, 15) is 57.5 Å². The molecule has 0 spiro atoms. The quantitative estimate of drug-likeness (QED) is 0.0407. The first-order valence-electron chi connectivity index (χ1n) is 42.5. The first-order chi connectivity index (χ1) is 65.8. The second kappa shape index (κ2) is 39.6. The molecule has 136 heavy (non-hydrogen) atoms. The van der Waals surface area contributed by atoms with Crippen molar-refractivity contribution in [3.63, 3.8) is 0 Å². The highest BCUT2D eigenvalue weighted by molar-refractivity contribution is 6.13. The third-order valence-electron chi connectivity index (χ3n) is 23.0. The summed E-state index contributed by atoms with van der Waals surface area (Å²) >= 11 is 0. The lowest BCUT2D eigenvalue weighted by molar-refractivity contribution is -0.123. The SMILES string of the molecule is COc1ccc2c(c1)C(=O)N(C[C@@]1(C#Cc3ccc(NCCN(C)C)nc3)NC(=O)NC1=O)C2.COc1ccc2c(c1)C(=O)N(C[C@@]1(C#Cc3cccnc3-c3ccncc3)NC(=O)NC1=O)C2.COc1ccc2c(c1)C(=O)N(C[C@@]1(C#Cc3cccnc3-c3cncnc3)NC(=O)NC1=O)C2.COc1ccc2c(c1)C(=O)N(C[C@@]1(C#Cc3cccnc3N3CCOCC3)NC(=O)NC1=O)C2. The lowest BCUT2D eigenvalue weighted by atomic mass is 9.98.